The van der Waals surface area contributed by atoms with Crippen molar-refractivity contribution in [2.75, 3.05) is 20.7 Å². The minimum absolute atomic E-state index is 0.0902. The highest BCUT2D eigenvalue weighted by Crippen LogP contribution is 2.30. The third-order valence-corrected chi connectivity index (χ3v) is 4.84. The van der Waals surface area contributed by atoms with E-state index in [-0.39, 0.29) is 11.0 Å². The molecule has 2 rings (SSSR count). The lowest BCUT2D eigenvalue weighted by Gasteiger charge is -2.28. The van der Waals surface area contributed by atoms with Crippen molar-refractivity contribution in [2.24, 2.45) is 0 Å². The summed E-state index contributed by atoms with van der Waals surface area (Å²) in [4.78, 5) is 34.7. The third-order valence-electron chi connectivity index (χ3n) is 4.84. The molecule has 2 aromatic carbocycles. The van der Waals surface area contributed by atoms with Gasteiger partial charge in [-0.05, 0) is 29.5 Å². The number of nitrogens with zero attached hydrogens (tertiary/aromatic N) is 3. The third kappa shape index (κ3) is 5.28. The van der Waals surface area contributed by atoms with Crippen LogP contribution in [0.5, 0.6) is 5.75 Å². The number of hydrogen-bond acceptors (Lipinski definition) is 6. The first-order chi connectivity index (χ1) is 13.5. The topological polar surface area (TPSA) is 116 Å². The first-order valence-electron chi connectivity index (χ1n) is 8.89. The molecule has 0 radical (unpaired) electrons. The van der Waals surface area contributed by atoms with Gasteiger partial charge in [-0.15, -0.1) is 0 Å². The number of hydrogen-bond donors (Lipinski definition) is 0. The fourth-order valence-corrected chi connectivity index (χ4v) is 2.89. The van der Waals surface area contributed by atoms with Crippen LogP contribution in [-0.4, -0.2) is 41.4 Å². The molecular formula is C20H23N3O6. The summed E-state index contributed by atoms with van der Waals surface area (Å²) in [6.45, 7) is 4.44. The van der Waals surface area contributed by atoms with E-state index in [4.69, 9.17) is 4.74 Å². The van der Waals surface area contributed by atoms with Crippen molar-refractivity contribution in [2.45, 2.75) is 25.7 Å². The number of carbonyl (C=O) groups excluding carboxylic acids is 1. The summed E-state index contributed by atoms with van der Waals surface area (Å²) < 4.78 is 5.26. The maximum atomic E-state index is 12.7. The first kappa shape index (κ1) is 21.8. The quantitative estimate of drug-likeness (QED) is 0.488. The zero-order chi connectivity index (χ0) is 21.8. The van der Waals surface area contributed by atoms with Crippen molar-refractivity contribution in [3.63, 3.8) is 0 Å². The molecule has 154 valence electrons. The smallest absolute Gasteiger partial charge is 0.277 e. The van der Waals surface area contributed by atoms with Gasteiger partial charge < -0.3 is 9.64 Å². The van der Waals surface area contributed by atoms with Gasteiger partial charge in [-0.3, -0.25) is 25.0 Å². The molecule has 0 unspecified atom stereocenters. The van der Waals surface area contributed by atoms with Gasteiger partial charge in [0.25, 0.3) is 17.3 Å². The van der Waals surface area contributed by atoms with Crippen LogP contribution >= 0.6 is 0 Å². The molecule has 0 fully saturated rings. The van der Waals surface area contributed by atoms with Gasteiger partial charge in [-0.2, -0.15) is 0 Å². The number of amides is 1. The Bertz CT molecular complexity index is 909. The van der Waals surface area contributed by atoms with Gasteiger partial charge in [0.15, 0.2) is 0 Å². The fourth-order valence-electron chi connectivity index (χ4n) is 2.89. The Morgan fingerprint density at radius 3 is 2.17 bits per heavy atom. The van der Waals surface area contributed by atoms with E-state index >= 15 is 0 Å². The van der Waals surface area contributed by atoms with E-state index in [9.17, 15) is 25.0 Å². The van der Waals surface area contributed by atoms with Crippen molar-refractivity contribution in [3.05, 3.63) is 73.8 Å². The minimum Gasteiger partial charge on any atom is -0.497 e. The van der Waals surface area contributed by atoms with Gasteiger partial charge in [-0.1, -0.05) is 26.0 Å². The summed E-state index contributed by atoms with van der Waals surface area (Å²) in [5.74, 6) is 0.224. The SMILES string of the molecule is COc1cccc(C(C)(C)CCN(C)C(=O)c2cc([N+](=O)[O-])cc([N+](=O)[O-])c2)c1. The van der Waals surface area contributed by atoms with Crippen molar-refractivity contribution < 1.29 is 19.4 Å². The van der Waals surface area contributed by atoms with Crippen molar-refractivity contribution in [3.8, 4) is 5.75 Å². The maximum absolute atomic E-state index is 12.7. The summed E-state index contributed by atoms with van der Waals surface area (Å²) in [5, 5.41) is 22.1. The van der Waals surface area contributed by atoms with Gasteiger partial charge >= 0.3 is 0 Å². The van der Waals surface area contributed by atoms with E-state index in [0.717, 1.165) is 29.5 Å². The molecule has 0 atom stereocenters. The molecule has 0 saturated carbocycles. The van der Waals surface area contributed by atoms with E-state index < -0.39 is 27.1 Å². The van der Waals surface area contributed by atoms with Crippen LogP contribution in [0.4, 0.5) is 11.4 Å². The Morgan fingerprint density at radius 1 is 1.07 bits per heavy atom. The largest absolute Gasteiger partial charge is 0.497 e. The number of nitro groups is 2. The summed E-state index contributed by atoms with van der Waals surface area (Å²) >= 11 is 0. The van der Waals surface area contributed by atoms with Crippen LogP contribution in [0.15, 0.2) is 42.5 Å². The highest BCUT2D eigenvalue weighted by atomic mass is 16.6. The van der Waals surface area contributed by atoms with Crippen LogP contribution in [0.1, 0.15) is 36.2 Å². The van der Waals surface area contributed by atoms with Crippen LogP contribution in [0, 0.1) is 20.2 Å². The second-order valence-electron chi connectivity index (χ2n) is 7.34. The van der Waals surface area contributed by atoms with Crippen molar-refractivity contribution >= 4 is 17.3 Å². The van der Waals surface area contributed by atoms with Crippen LogP contribution in [-0.2, 0) is 5.41 Å². The molecule has 0 aliphatic heterocycles. The highest BCUT2D eigenvalue weighted by Gasteiger charge is 2.25. The molecule has 1 amide bonds. The molecule has 0 spiro atoms. The van der Waals surface area contributed by atoms with Gasteiger partial charge in [0.05, 0.1) is 28.6 Å². The van der Waals surface area contributed by atoms with Crippen molar-refractivity contribution in [1.29, 1.82) is 0 Å². The predicted octanol–water partition coefficient (Wildman–Crippen LogP) is 3.95. The molecule has 9 heteroatoms. The number of non-ortho nitro benzene ring substituents is 2. The average molecular weight is 401 g/mol. The number of rotatable bonds is 8. The monoisotopic (exact) mass is 401 g/mol. The van der Waals surface area contributed by atoms with Gasteiger partial charge in [-0.25, -0.2) is 0 Å². The standard InChI is InChI=1S/C20H23N3O6/c1-20(2,15-6-5-7-18(12-15)29-4)8-9-21(3)19(24)14-10-16(22(25)26)13-17(11-14)23(27)28/h5-7,10-13H,8-9H2,1-4H3. The van der Waals surface area contributed by atoms with E-state index in [1.54, 1.807) is 14.2 Å². The molecule has 0 bridgehead atoms. The maximum Gasteiger partial charge on any atom is 0.277 e. The lowest BCUT2D eigenvalue weighted by molar-refractivity contribution is -0.394. The van der Waals surface area contributed by atoms with Crippen LogP contribution in [0.3, 0.4) is 0 Å². The summed E-state index contributed by atoms with van der Waals surface area (Å²) in [5.41, 5.74) is -0.297. The Hall–Kier alpha value is -3.49. The molecule has 0 N–H and O–H groups in total. The van der Waals surface area contributed by atoms with Crippen LogP contribution in [0.25, 0.3) is 0 Å². The van der Waals surface area contributed by atoms with Crippen LogP contribution < -0.4 is 4.74 Å². The highest BCUT2D eigenvalue weighted by molar-refractivity contribution is 5.95. The molecule has 0 aliphatic rings. The van der Waals surface area contributed by atoms with E-state index in [2.05, 4.69) is 0 Å². The molecule has 0 saturated heterocycles. The molecule has 0 aromatic heterocycles. The normalized spacial score (nSPS) is 11.0. The molecule has 2 aromatic rings. The number of benzene rings is 2. The zero-order valence-electron chi connectivity index (χ0n) is 16.7. The first-order valence-corrected chi connectivity index (χ1v) is 8.89. The number of methoxy groups -OCH3 is 1. The Kier molecular flexibility index (Phi) is 6.53. The number of nitro benzene ring substituents is 2. The summed E-state index contributed by atoms with van der Waals surface area (Å²) in [7, 11) is 3.16. The Balaban J connectivity index is 2.18. The fraction of sp³-hybridized carbons (Fsp3) is 0.350. The lowest BCUT2D eigenvalue weighted by atomic mass is 9.81. The van der Waals surface area contributed by atoms with E-state index in [1.165, 1.54) is 4.90 Å². The van der Waals surface area contributed by atoms with Gasteiger partial charge in [0.2, 0.25) is 0 Å². The average Bonchev–Trinajstić information content (AvgIpc) is 2.71. The van der Waals surface area contributed by atoms with Crippen molar-refractivity contribution in [1.82, 2.24) is 4.90 Å². The second kappa shape index (κ2) is 8.68. The van der Waals surface area contributed by atoms with Gasteiger partial charge in [0, 0.05) is 25.7 Å². The number of ether oxygens (including phenoxy) is 1. The molecule has 9 nitrogen and oxygen atoms in total. The van der Waals surface area contributed by atoms with E-state index in [1.807, 2.05) is 38.1 Å². The summed E-state index contributed by atoms with van der Waals surface area (Å²) in [6, 6.07) is 10.6. The van der Waals surface area contributed by atoms with E-state index in [0.29, 0.717) is 13.0 Å². The minimum atomic E-state index is -0.754. The van der Waals surface area contributed by atoms with Crippen LogP contribution in [0.2, 0.25) is 0 Å². The lowest BCUT2D eigenvalue weighted by Crippen LogP contribution is -2.32. The molecular weight excluding hydrogens is 378 g/mol. The zero-order valence-corrected chi connectivity index (χ0v) is 16.7. The van der Waals surface area contributed by atoms with Gasteiger partial charge in [0.1, 0.15) is 5.75 Å². The second-order valence-corrected chi connectivity index (χ2v) is 7.34. The predicted molar refractivity (Wildman–Crippen MR) is 107 cm³/mol. The number of carbonyl (C=O) groups is 1. The molecule has 0 heterocycles. The Labute approximate surface area is 168 Å². The summed E-state index contributed by atoms with van der Waals surface area (Å²) in [6.07, 6.45) is 0.611. The Morgan fingerprint density at radius 2 is 1.66 bits per heavy atom. The molecule has 0 aliphatic carbocycles. The molecule has 29 heavy (non-hydrogen) atoms.